The van der Waals surface area contributed by atoms with Crippen molar-refractivity contribution in [3.05, 3.63) is 53.6 Å². The number of nitrogen functional groups attached to an aromatic ring is 1. The van der Waals surface area contributed by atoms with Crippen molar-refractivity contribution in [2.45, 2.75) is 26.2 Å². The number of nitrogens with zero attached hydrogens (tertiary/aromatic N) is 1. The standard InChI is InChI=1S/C19H23N3O/c1-14-6-5-7-15(12-14)19(23)21-16-8-9-18(17(20)13-16)22-10-3-2-4-11-22/h5-9,12-13H,2-4,10-11,20H2,1H3,(H,21,23). The van der Waals surface area contributed by atoms with Crippen LogP contribution in [0.15, 0.2) is 42.5 Å². The first-order valence-corrected chi connectivity index (χ1v) is 8.16. The number of anilines is 3. The topological polar surface area (TPSA) is 58.4 Å². The Morgan fingerprint density at radius 2 is 1.87 bits per heavy atom. The summed E-state index contributed by atoms with van der Waals surface area (Å²) in [5, 5.41) is 2.92. The summed E-state index contributed by atoms with van der Waals surface area (Å²) in [6.45, 7) is 4.08. The molecule has 0 bridgehead atoms. The molecule has 2 aromatic rings. The van der Waals surface area contributed by atoms with E-state index in [4.69, 9.17) is 5.73 Å². The number of nitrogens with two attached hydrogens (primary N) is 1. The van der Waals surface area contributed by atoms with Gasteiger partial charge in [-0.2, -0.15) is 0 Å². The first kappa shape index (κ1) is 15.4. The molecule has 3 rings (SSSR count). The minimum atomic E-state index is -0.112. The number of aryl methyl sites for hydroxylation is 1. The predicted molar refractivity (Wildman–Crippen MR) is 96.1 cm³/mol. The number of amides is 1. The molecule has 0 radical (unpaired) electrons. The van der Waals surface area contributed by atoms with Gasteiger partial charge in [-0.3, -0.25) is 4.79 Å². The highest BCUT2D eigenvalue weighted by Crippen LogP contribution is 2.29. The fourth-order valence-corrected chi connectivity index (χ4v) is 3.04. The number of carbonyl (C=O) groups excluding carboxylic acids is 1. The van der Waals surface area contributed by atoms with Crippen molar-refractivity contribution in [2.75, 3.05) is 29.0 Å². The monoisotopic (exact) mass is 309 g/mol. The Balaban J connectivity index is 1.73. The summed E-state index contributed by atoms with van der Waals surface area (Å²) < 4.78 is 0. The molecule has 1 aliphatic heterocycles. The van der Waals surface area contributed by atoms with E-state index in [1.807, 2.05) is 49.4 Å². The molecule has 1 fully saturated rings. The Morgan fingerprint density at radius 1 is 1.09 bits per heavy atom. The number of hydrogen-bond donors (Lipinski definition) is 2. The Morgan fingerprint density at radius 3 is 2.57 bits per heavy atom. The van der Waals surface area contributed by atoms with Gasteiger partial charge in [0.05, 0.1) is 11.4 Å². The van der Waals surface area contributed by atoms with Crippen molar-refractivity contribution in [3.63, 3.8) is 0 Å². The fourth-order valence-electron chi connectivity index (χ4n) is 3.04. The zero-order chi connectivity index (χ0) is 16.2. The van der Waals surface area contributed by atoms with E-state index in [2.05, 4.69) is 10.2 Å². The van der Waals surface area contributed by atoms with Crippen LogP contribution in [0.25, 0.3) is 0 Å². The molecule has 1 saturated heterocycles. The molecular weight excluding hydrogens is 286 g/mol. The molecule has 2 aromatic carbocycles. The number of hydrogen-bond acceptors (Lipinski definition) is 3. The maximum Gasteiger partial charge on any atom is 0.255 e. The third-order valence-electron chi connectivity index (χ3n) is 4.26. The Kier molecular flexibility index (Phi) is 4.51. The molecule has 1 aliphatic rings. The van der Waals surface area contributed by atoms with Gasteiger partial charge in [-0.1, -0.05) is 17.7 Å². The highest BCUT2D eigenvalue weighted by atomic mass is 16.1. The first-order chi connectivity index (χ1) is 11.1. The van der Waals surface area contributed by atoms with Crippen LogP contribution < -0.4 is 16.0 Å². The number of benzene rings is 2. The summed E-state index contributed by atoms with van der Waals surface area (Å²) in [5.41, 5.74) is 10.4. The van der Waals surface area contributed by atoms with Crippen LogP contribution in [0, 0.1) is 6.92 Å². The zero-order valence-corrected chi connectivity index (χ0v) is 13.5. The lowest BCUT2D eigenvalue weighted by Crippen LogP contribution is -2.30. The zero-order valence-electron chi connectivity index (χ0n) is 13.5. The average Bonchev–Trinajstić information content (AvgIpc) is 2.56. The second kappa shape index (κ2) is 6.73. The molecule has 1 heterocycles. The van der Waals surface area contributed by atoms with E-state index < -0.39 is 0 Å². The van der Waals surface area contributed by atoms with Gasteiger partial charge in [0.25, 0.3) is 5.91 Å². The molecule has 3 N–H and O–H groups in total. The summed E-state index contributed by atoms with van der Waals surface area (Å²) >= 11 is 0. The number of carbonyl (C=O) groups is 1. The van der Waals surface area contributed by atoms with E-state index in [1.54, 1.807) is 0 Å². The van der Waals surface area contributed by atoms with Gasteiger partial charge in [-0.05, 0) is 56.5 Å². The van der Waals surface area contributed by atoms with Crippen molar-refractivity contribution < 1.29 is 4.79 Å². The SMILES string of the molecule is Cc1cccc(C(=O)Nc2ccc(N3CCCCC3)c(N)c2)c1. The highest BCUT2D eigenvalue weighted by Gasteiger charge is 2.14. The fraction of sp³-hybridized carbons (Fsp3) is 0.316. The molecule has 0 aromatic heterocycles. The molecule has 23 heavy (non-hydrogen) atoms. The van der Waals surface area contributed by atoms with E-state index in [0.29, 0.717) is 11.3 Å². The second-order valence-electron chi connectivity index (χ2n) is 6.14. The van der Waals surface area contributed by atoms with Crippen LogP contribution >= 0.6 is 0 Å². The van der Waals surface area contributed by atoms with Crippen molar-refractivity contribution in [2.24, 2.45) is 0 Å². The summed E-state index contributed by atoms with van der Waals surface area (Å²) in [4.78, 5) is 14.6. The molecule has 4 heteroatoms. The predicted octanol–water partition coefficient (Wildman–Crippen LogP) is 3.82. The molecule has 0 aliphatic carbocycles. The van der Waals surface area contributed by atoms with Crippen LogP contribution in [0.4, 0.5) is 17.1 Å². The van der Waals surface area contributed by atoms with Crippen LogP contribution in [0.2, 0.25) is 0 Å². The normalized spacial score (nSPS) is 14.6. The molecule has 0 unspecified atom stereocenters. The van der Waals surface area contributed by atoms with Crippen molar-refractivity contribution in [1.29, 1.82) is 0 Å². The summed E-state index contributed by atoms with van der Waals surface area (Å²) in [5.74, 6) is -0.112. The third kappa shape index (κ3) is 3.65. The molecule has 1 amide bonds. The van der Waals surface area contributed by atoms with Crippen LogP contribution in [0.5, 0.6) is 0 Å². The van der Waals surface area contributed by atoms with Crippen molar-refractivity contribution in [1.82, 2.24) is 0 Å². The Hall–Kier alpha value is -2.49. The van der Waals surface area contributed by atoms with Gasteiger partial charge in [0, 0.05) is 24.3 Å². The largest absolute Gasteiger partial charge is 0.397 e. The molecule has 4 nitrogen and oxygen atoms in total. The lowest BCUT2D eigenvalue weighted by atomic mass is 10.1. The van der Waals surface area contributed by atoms with E-state index in [1.165, 1.54) is 19.3 Å². The van der Waals surface area contributed by atoms with Crippen molar-refractivity contribution in [3.8, 4) is 0 Å². The minimum absolute atomic E-state index is 0.112. The molecule has 120 valence electrons. The summed E-state index contributed by atoms with van der Waals surface area (Å²) in [6, 6.07) is 13.3. The van der Waals surface area contributed by atoms with Crippen molar-refractivity contribution >= 4 is 23.0 Å². The van der Waals surface area contributed by atoms with Gasteiger partial charge < -0.3 is 16.0 Å². The van der Waals surface area contributed by atoms with Gasteiger partial charge in [-0.25, -0.2) is 0 Å². The van der Waals surface area contributed by atoms with Crippen LogP contribution in [0.1, 0.15) is 35.2 Å². The smallest absolute Gasteiger partial charge is 0.255 e. The minimum Gasteiger partial charge on any atom is -0.397 e. The highest BCUT2D eigenvalue weighted by molar-refractivity contribution is 6.04. The lowest BCUT2D eigenvalue weighted by Gasteiger charge is -2.30. The van der Waals surface area contributed by atoms with Gasteiger partial charge in [-0.15, -0.1) is 0 Å². The maximum atomic E-state index is 12.3. The Bertz CT molecular complexity index is 706. The molecule has 0 spiro atoms. The second-order valence-corrected chi connectivity index (χ2v) is 6.14. The average molecular weight is 309 g/mol. The first-order valence-electron chi connectivity index (χ1n) is 8.16. The maximum absolute atomic E-state index is 12.3. The molecule has 0 atom stereocenters. The lowest BCUT2D eigenvalue weighted by molar-refractivity contribution is 0.102. The van der Waals surface area contributed by atoms with Crippen LogP contribution in [-0.4, -0.2) is 19.0 Å². The van der Waals surface area contributed by atoms with E-state index >= 15 is 0 Å². The number of nitrogens with one attached hydrogen (secondary N) is 1. The van der Waals surface area contributed by atoms with Crippen LogP contribution in [-0.2, 0) is 0 Å². The third-order valence-corrected chi connectivity index (χ3v) is 4.26. The summed E-state index contributed by atoms with van der Waals surface area (Å²) in [6.07, 6.45) is 3.72. The van der Waals surface area contributed by atoms with E-state index in [9.17, 15) is 4.79 Å². The summed E-state index contributed by atoms with van der Waals surface area (Å²) in [7, 11) is 0. The quantitative estimate of drug-likeness (QED) is 0.847. The Labute approximate surface area is 137 Å². The molecule has 0 saturated carbocycles. The number of piperidine rings is 1. The van der Waals surface area contributed by atoms with Gasteiger partial charge in [0.15, 0.2) is 0 Å². The number of rotatable bonds is 3. The van der Waals surface area contributed by atoms with Gasteiger partial charge in [0.1, 0.15) is 0 Å². The molecular formula is C19H23N3O. The van der Waals surface area contributed by atoms with E-state index in [0.717, 1.165) is 30.0 Å². The van der Waals surface area contributed by atoms with Crippen LogP contribution in [0.3, 0.4) is 0 Å². The van der Waals surface area contributed by atoms with Gasteiger partial charge >= 0.3 is 0 Å². The van der Waals surface area contributed by atoms with E-state index in [-0.39, 0.29) is 5.91 Å². The van der Waals surface area contributed by atoms with Gasteiger partial charge in [0.2, 0.25) is 0 Å².